The van der Waals surface area contributed by atoms with E-state index in [1.54, 1.807) is 53.4 Å². The highest BCUT2D eigenvalue weighted by Gasteiger charge is 2.20. The van der Waals surface area contributed by atoms with Gasteiger partial charge in [-0.2, -0.15) is 5.10 Å². The van der Waals surface area contributed by atoms with E-state index >= 15 is 0 Å². The first-order chi connectivity index (χ1) is 15.6. The summed E-state index contributed by atoms with van der Waals surface area (Å²) in [7, 11) is 1.88. The normalized spacial score (nSPS) is 12.1. The van der Waals surface area contributed by atoms with Crippen LogP contribution in [0.5, 0.6) is 0 Å². The van der Waals surface area contributed by atoms with Crippen molar-refractivity contribution in [1.82, 2.24) is 30.4 Å². The molecule has 0 aliphatic carbocycles. The predicted molar refractivity (Wildman–Crippen MR) is 124 cm³/mol. The Morgan fingerprint density at radius 1 is 1.19 bits per heavy atom. The van der Waals surface area contributed by atoms with Crippen LogP contribution in [-0.2, 0) is 0 Å². The second-order valence-electron chi connectivity index (χ2n) is 7.20. The molecular formula is C23H23FN6OS. The summed E-state index contributed by atoms with van der Waals surface area (Å²) in [6, 6.07) is 9.74. The third kappa shape index (κ3) is 4.63. The first kappa shape index (κ1) is 21.9. The van der Waals surface area contributed by atoms with Crippen molar-refractivity contribution >= 4 is 28.6 Å². The molecule has 0 radical (unpaired) electrons. The van der Waals surface area contributed by atoms with E-state index in [2.05, 4.69) is 25.7 Å². The van der Waals surface area contributed by atoms with Crippen LogP contribution in [0.1, 0.15) is 28.4 Å². The Morgan fingerprint density at radius 3 is 2.75 bits per heavy atom. The summed E-state index contributed by atoms with van der Waals surface area (Å²) in [5.41, 5.74) is 2.79. The molecule has 32 heavy (non-hydrogen) atoms. The maximum Gasteiger partial charge on any atom is 0.254 e. The molecule has 9 heteroatoms. The lowest BCUT2D eigenvalue weighted by Gasteiger charge is -2.20. The lowest BCUT2D eigenvalue weighted by molar-refractivity contribution is 0.0936. The van der Waals surface area contributed by atoms with E-state index in [9.17, 15) is 9.18 Å². The van der Waals surface area contributed by atoms with Gasteiger partial charge in [0.05, 0.1) is 40.2 Å². The Kier molecular flexibility index (Phi) is 6.77. The third-order valence-corrected chi connectivity index (χ3v) is 5.81. The van der Waals surface area contributed by atoms with Crippen LogP contribution in [0.3, 0.4) is 0 Å². The van der Waals surface area contributed by atoms with Gasteiger partial charge < -0.3 is 10.6 Å². The molecular weight excluding hydrogens is 427 g/mol. The van der Waals surface area contributed by atoms with Crippen LogP contribution in [0.4, 0.5) is 4.39 Å². The molecule has 0 spiro atoms. The van der Waals surface area contributed by atoms with E-state index in [4.69, 9.17) is 0 Å². The molecule has 0 aliphatic rings. The molecule has 0 aliphatic heterocycles. The van der Waals surface area contributed by atoms with Gasteiger partial charge in [-0.15, -0.1) is 11.8 Å². The van der Waals surface area contributed by atoms with Crippen molar-refractivity contribution in [2.45, 2.75) is 17.5 Å². The number of carbonyl (C=O) groups excluding carboxylic acids is 1. The van der Waals surface area contributed by atoms with Crippen LogP contribution < -0.4 is 10.6 Å². The van der Waals surface area contributed by atoms with Gasteiger partial charge in [0.25, 0.3) is 5.91 Å². The zero-order valence-electron chi connectivity index (χ0n) is 17.7. The molecule has 3 heterocycles. The largest absolute Gasteiger partial charge is 0.345 e. The summed E-state index contributed by atoms with van der Waals surface area (Å²) >= 11 is 1.56. The topological polar surface area (TPSA) is 84.7 Å². The molecule has 1 amide bonds. The number of hydrogen-bond acceptors (Lipinski definition) is 6. The van der Waals surface area contributed by atoms with Crippen molar-refractivity contribution in [2.75, 3.05) is 19.8 Å². The summed E-state index contributed by atoms with van der Waals surface area (Å²) in [5.74, 6) is -0.554. The Hall–Kier alpha value is -3.30. The van der Waals surface area contributed by atoms with Gasteiger partial charge in [-0.05, 0) is 68.2 Å². The van der Waals surface area contributed by atoms with Crippen molar-refractivity contribution < 1.29 is 9.18 Å². The molecule has 4 aromatic rings. The Balaban J connectivity index is 1.65. The Morgan fingerprint density at radius 2 is 2.00 bits per heavy atom. The summed E-state index contributed by atoms with van der Waals surface area (Å²) < 4.78 is 14.9. The third-order valence-electron chi connectivity index (χ3n) is 5.17. The fourth-order valence-corrected chi connectivity index (χ4v) is 3.93. The van der Waals surface area contributed by atoms with Gasteiger partial charge in [-0.1, -0.05) is 0 Å². The number of nitrogens with one attached hydrogen (secondary N) is 2. The smallest absolute Gasteiger partial charge is 0.254 e. The van der Waals surface area contributed by atoms with Gasteiger partial charge in [0.2, 0.25) is 0 Å². The summed E-state index contributed by atoms with van der Waals surface area (Å²) in [5, 5.41) is 12.3. The molecule has 4 rings (SSSR count). The number of rotatable bonds is 8. The standard InChI is InChI=1S/C23H23FN6OS/c1-25-9-8-20(15-7-10-27-22(11-15)32-2)29-23(31)19-12-26-14-21-18(19)13-28-30(21)17-5-3-16(24)4-6-17/h3-7,10-14,20,25H,8-9H2,1-2H3,(H,29,31). The number of aromatic nitrogens is 4. The second kappa shape index (κ2) is 9.88. The number of thioether (sulfide) groups is 1. The highest BCUT2D eigenvalue weighted by atomic mass is 32.2. The monoisotopic (exact) mass is 450 g/mol. The molecule has 0 bridgehead atoms. The van der Waals surface area contributed by atoms with Crippen LogP contribution in [-0.4, -0.2) is 45.5 Å². The van der Waals surface area contributed by atoms with Gasteiger partial charge in [0.15, 0.2) is 0 Å². The average Bonchev–Trinajstić information content (AvgIpc) is 3.26. The van der Waals surface area contributed by atoms with Crippen LogP contribution in [0.15, 0.2) is 66.2 Å². The molecule has 3 aromatic heterocycles. The minimum absolute atomic E-state index is 0.189. The van der Waals surface area contributed by atoms with E-state index in [1.165, 1.54) is 12.1 Å². The molecule has 1 unspecified atom stereocenters. The minimum atomic E-state index is -0.322. The maximum atomic E-state index is 13.3. The first-order valence-corrected chi connectivity index (χ1v) is 11.4. The average molecular weight is 451 g/mol. The number of hydrogen-bond donors (Lipinski definition) is 2. The fourth-order valence-electron chi connectivity index (χ4n) is 3.51. The summed E-state index contributed by atoms with van der Waals surface area (Å²) in [6.07, 6.45) is 9.28. The number of amides is 1. The summed E-state index contributed by atoms with van der Waals surface area (Å²) in [6.45, 7) is 0.743. The molecule has 164 valence electrons. The molecule has 0 saturated carbocycles. The van der Waals surface area contributed by atoms with E-state index in [0.29, 0.717) is 22.2 Å². The van der Waals surface area contributed by atoms with E-state index in [-0.39, 0.29) is 17.8 Å². The zero-order valence-corrected chi connectivity index (χ0v) is 18.6. The highest BCUT2D eigenvalue weighted by Crippen LogP contribution is 2.24. The fraction of sp³-hybridized carbons (Fsp3) is 0.217. The highest BCUT2D eigenvalue weighted by molar-refractivity contribution is 7.98. The number of halogens is 1. The van der Waals surface area contributed by atoms with Gasteiger partial charge in [-0.25, -0.2) is 14.1 Å². The van der Waals surface area contributed by atoms with E-state index in [0.717, 1.165) is 23.6 Å². The molecule has 2 N–H and O–H groups in total. The predicted octanol–water partition coefficient (Wildman–Crippen LogP) is 3.76. The van der Waals surface area contributed by atoms with Crippen molar-refractivity contribution in [3.8, 4) is 5.69 Å². The molecule has 1 aromatic carbocycles. The number of pyridine rings is 2. The number of benzene rings is 1. The van der Waals surface area contributed by atoms with E-state index in [1.807, 2.05) is 25.4 Å². The van der Waals surface area contributed by atoms with Crippen LogP contribution in [0.25, 0.3) is 16.6 Å². The zero-order chi connectivity index (χ0) is 22.5. The van der Waals surface area contributed by atoms with Crippen LogP contribution in [0.2, 0.25) is 0 Å². The number of nitrogens with zero attached hydrogens (tertiary/aromatic N) is 4. The quantitative estimate of drug-likeness (QED) is 0.398. The van der Waals surface area contributed by atoms with Gasteiger partial charge >= 0.3 is 0 Å². The molecule has 7 nitrogen and oxygen atoms in total. The molecule has 1 atom stereocenters. The van der Waals surface area contributed by atoms with Crippen LogP contribution in [0, 0.1) is 5.82 Å². The lowest BCUT2D eigenvalue weighted by atomic mass is 10.0. The minimum Gasteiger partial charge on any atom is -0.345 e. The van der Waals surface area contributed by atoms with Crippen molar-refractivity contribution in [3.05, 3.63) is 78.1 Å². The van der Waals surface area contributed by atoms with E-state index < -0.39 is 0 Å². The lowest BCUT2D eigenvalue weighted by Crippen LogP contribution is -2.31. The Labute approximate surface area is 189 Å². The number of fused-ring (bicyclic) bond motifs is 1. The van der Waals surface area contributed by atoms with Gasteiger partial charge in [0.1, 0.15) is 5.82 Å². The molecule has 0 saturated heterocycles. The van der Waals surface area contributed by atoms with Crippen molar-refractivity contribution in [1.29, 1.82) is 0 Å². The Bertz CT molecular complexity index is 1230. The van der Waals surface area contributed by atoms with Crippen LogP contribution >= 0.6 is 11.8 Å². The van der Waals surface area contributed by atoms with Gasteiger partial charge in [-0.3, -0.25) is 9.78 Å². The summed E-state index contributed by atoms with van der Waals surface area (Å²) in [4.78, 5) is 21.9. The first-order valence-electron chi connectivity index (χ1n) is 10.1. The number of carbonyl (C=O) groups is 1. The van der Waals surface area contributed by atoms with Gasteiger partial charge in [0, 0.05) is 17.8 Å². The van der Waals surface area contributed by atoms with Crippen molar-refractivity contribution in [3.63, 3.8) is 0 Å². The van der Waals surface area contributed by atoms with Crippen molar-refractivity contribution in [2.24, 2.45) is 0 Å². The second-order valence-corrected chi connectivity index (χ2v) is 8.03. The SMILES string of the molecule is CNCCC(NC(=O)c1cncc2c1cnn2-c1ccc(F)cc1)c1ccnc(SC)c1. The maximum absolute atomic E-state index is 13.3. The molecule has 0 fully saturated rings.